The lowest BCUT2D eigenvalue weighted by Crippen LogP contribution is -1.98. The molecule has 1 aliphatic rings. The highest BCUT2D eigenvalue weighted by Gasteiger charge is 2.19. The molecule has 2 nitrogen and oxygen atoms in total. The Balaban J connectivity index is 1.81. The van der Waals surface area contributed by atoms with Gasteiger partial charge < -0.3 is 0 Å². The minimum atomic E-state index is -0.330. The van der Waals surface area contributed by atoms with Crippen LogP contribution in [0.15, 0.2) is 63.8 Å². The molecule has 4 heteroatoms. The predicted octanol–water partition coefficient (Wildman–Crippen LogP) is 5.11. The number of carbonyl (C=O) groups is 1. The van der Waals surface area contributed by atoms with E-state index in [4.69, 9.17) is 0 Å². The van der Waals surface area contributed by atoms with Gasteiger partial charge in [-0.3, -0.25) is 4.79 Å². The van der Waals surface area contributed by atoms with E-state index in [-0.39, 0.29) is 26.7 Å². The molecule has 2 aromatic carbocycles. The van der Waals surface area contributed by atoms with E-state index in [0.29, 0.717) is 0 Å². The maximum Gasteiger partial charge on any atom is 0.243 e. The van der Waals surface area contributed by atoms with Crippen molar-refractivity contribution in [1.29, 1.82) is 0 Å². The number of nitrogens with zero attached hydrogens (tertiary/aromatic N) is 1. The molecule has 0 N–H and O–H groups in total. The van der Waals surface area contributed by atoms with E-state index in [0.717, 1.165) is 20.8 Å². The lowest BCUT2D eigenvalue weighted by atomic mass is 10.1. The standard InChI is InChI=1S/C18H14NOS2/c1-21-10-4-7-16(21)15(20)11-22-12-19-18-14-6-3-2-5-13(14)8-9-17(18)22/h2-12H,1H3/q+1. The summed E-state index contributed by atoms with van der Waals surface area (Å²) in [5, 5.41) is 6.25. The quantitative estimate of drug-likeness (QED) is 0.366. The van der Waals surface area contributed by atoms with Gasteiger partial charge in [-0.05, 0) is 28.0 Å². The molecule has 1 aliphatic heterocycles. The van der Waals surface area contributed by atoms with E-state index >= 15 is 0 Å². The van der Waals surface area contributed by atoms with Gasteiger partial charge in [0.1, 0.15) is 11.6 Å². The molecular weight excluding hydrogens is 310 g/mol. The monoisotopic (exact) mass is 324 g/mol. The van der Waals surface area contributed by atoms with Gasteiger partial charge in [0.15, 0.2) is 0 Å². The van der Waals surface area contributed by atoms with E-state index in [1.165, 1.54) is 5.39 Å². The number of aryl methyl sites for hydroxylation is 1. The van der Waals surface area contributed by atoms with Crippen molar-refractivity contribution in [2.45, 2.75) is 4.90 Å². The van der Waals surface area contributed by atoms with Crippen molar-refractivity contribution < 1.29 is 4.79 Å². The van der Waals surface area contributed by atoms with Crippen LogP contribution < -0.4 is 0 Å². The fraction of sp³-hybridized carbons (Fsp3) is 0.0556. The Bertz CT molecular complexity index is 966. The maximum atomic E-state index is 12.5. The first-order chi connectivity index (χ1) is 10.7. The van der Waals surface area contributed by atoms with Crippen molar-refractivity contribution in [2.24, 2.45) is 11.2 Å². The molecule has 0 saturated heterocycles. The molecule has 4 rings (SSSR count). The topological polar surface area (TPSA) is 29.4 Å². The van der Waals surface area contributed by atoms with E-state index < -0.39 is 0 Å². The van der Waals surface area contributed by atoms with Gasteiger partial charge in [-0.25, -0.2) is 4.99 Å². The highest BCUT2D eigenvalue weighted by molar-refractivity contribution is 8.27. The average molecular weight is 324 g/mol. The van der Waals surface area contributed by atoms with Gasteiger partial charge in [0.05, 0.1) is 11.2 Å². The molecule has 2 heterocycles. The summed E-state index contributed by atoms with van der Waals surface area (Å²) < 4.78 is 0. The third-order valence-electron chi connectivity index (χ3n) is 3.77. The summed E-state index contributed by atoms with van der Waals surface area (Å²) in [6.07, 6.45) is 2.08. The SMILES string of the molecule is C[s+]1cccc1C(=O)C=S1C=Nc2c1ccc1ccccc21. The van der Waals surface area contributed by atoms with Crippen LogP contribution in [0, 0.1) is 0 Å². The summed E-state index contributed by atoms with van der Waals surface area (Å²) in [4.78, 5) is 19.1. The van der Waals surface area contributed by atoms with Crippen molar-refractivity contribution in [1.82, 2.24) is 0 Å². The zero-order valence-electron chi connectivity index (χ0n) is 12.0. The summed E-state index contributed by atoms with van der Waals surface area (Å²) in [6.45, 7) is 0. The lowest BCUT2D eigenvalue weighted by Gasteiger charge is -2.04. The zero-order valence-corrected chi connectivity index (χ0v) is 13.7. The second-order valence-corrected chi connectivity index (χ2v) is 8.60. The second-order valence-electron chi connectivity index (χ2n) is 5.14. The number of carbonyl (C=O) groups excluding carboxylic acids is 1. The molecule has 0 amide bonds. The van der Waals surface area contributed by atoms with Gasteiger partial charge in [-0.15, -0.1) is 10.5 Å². The summed E-state index contributed by atoms with van der Waals surface area (Å²) in [5.74, 6) is 0.131. The molecule has 108 valence electrons. The Morgan fingerprint density at radius 3 is 2.82 bits per heavy atom. The van der Waals surface area contributed by atoms with Crippen LogP contribution in [0.5, 0.6) is 0 Å². The van der Waals surface area contributed by atoms with Gasteiger partial charge in [0, 0.05) is 21.7 Å². The number of Topliss-reactive ketones (excluding diaryl/α,β-unsaturated/α-hetero) is 1. The molecule has 2 atom stereocenters. The van der Waals surface area contributed by atoms with Crippen LogP contribution in [0.2, 0.25) is 0 Å². The molecule has 0 spiro atoms. The fourth-order valence-electron chi connectivity index (χ4n) is 2.66. The normalized spacial score (nSPS) is 17.1. The number of thiophene rings is 1. The van der Waals surface area contributed by atoms with Crippen LogP contribution in [0.1, 0.15) is 9.67 Å². The first-order valence-electron chi connectivity index (χ1n) is 6.94. The van der Waals surface area contributed by atoms with Gasteiger partial charge in [0.2, 0.25) is 10.7 Å². The number of aliphatic imine (C=N–C) groups is 1. The number of ketones is 1. The summed E-state index contributed by atoms with van der Waals surface area (Å²) in [6, 6.07) is 16.4. The molecule has 22 heavy (non-hydrogen) atoms. The number of rotatable bonds is 2. The van der Waals surface area contributed by atoms with E-state index in [1.54, 1.807) is 0 Å². The molecular formula is C18H14NOS2+. The molecule has 1 aromatic heterocycles. The number of benzene rings is 2. The Hall–Kier alpha value is -2.04. The van der Waals surface area contributed by atoms with E-state index in [9.17, 15) is 4.79 Å². The number of hydrogen-bond acceptors (Lipinski definition) is 2. The fourth-order valence-corrected chi connectivity index (χ4v) is 5.35. The van der Waals surface area contributed by atoms with Crippen molar-refractivity contribution >= 4 is 54.1 Å². The Morgan fingerprint density at radius 1 is 1.14 bits per heavy atom. The van der Waals surface area contributed by atoms with Gasteiger partial charge >= 0.3 is 0 Å². The third-order valence-corrected chi connectivity index (χ3v) is 7.00. The van der Waals surface area contributed by atoms with Crippen LogP contribution in [0.4, 0.5) is 5.69 Å². The molecule has 0 radical (unpaired) electrons. The highest BCUT2D eigenvalue weighted by Crippen LogP contribution is 2.43. The molecule has 0 aliphatic carbocycles. The molecule has 0 saturated carbocycles. The van der Waals surface area contributed by atoms with Crippen LogP contribution in [-0.2, 0) is 6.26 Å². The molecule has 0 bridgehead atoms. The molecule has 0 fully saturated rings. The third kappa shape index (κ3) is 2.16. The van der Waals surface area contributed by atoms with Crippen molar-refractivity contribution in [3.8, 4) is 0 Å². The first kappa shape index (κ1) is 13.6. The Labute approximate surface area is 134 Å². The van der Waals surface area contributed by atoms with Gasteiger partial charge in [0.25, 0.3) is 0 Å². The number of fused-ring (bicyclic) bond motifs is 3. The maximum absolute atomic E-state index is 12.5. The molecule has 3 aromatic rings. The largest absolute Gasteiger partial charge is 0.283 e. The zero-order chi connectivity index (χ0) is 15.1. The minimum absolute atomic E-state index is 0.0611. The number of hydrogen-bond donors (Lipinski definition) is 0. The minimum Gasteiger partial charge on any atom is -0.283 e. The lowest BCUT2D eigenvalue weighted by molar-refractivity contribution is 0.107. The predicted molar refractivity (Wildman–Crippen MR) is 98.3 cm³/mol. The van der Waals surface area contributed by atoms with E-state index in [2.05, 4.69) is 40.9 Å². The molecule has 2 unspecified atom stereocenters. The first-order valence-corrected chi connectivity index (χ1v) is 9.99. The van der Waals surface area contributed by atoms with Crippen LogP contribution in [0.25, 0.3) is 10.8 Å². The summed E-state index contributed by atoms with van der Waals surface area (Å²) >= 11 is 0. The van der Waals surface area contributed by atoms with Crippen LogP contribution in [0.3, 0.4) is 0 Å². The summed E-state index contributed by atoms with van der Waals surface area (Å²) in [7, 11) is -0.391. The van der Waals surface area contributed by atoms with Gasteiger partial charge in [-0.2, -0.15) is 0 Å². The van der Waals surface area contributed by atoms with Crippen LogP contribution >= 0.6 is 21.0 Å². The highest BCUT2D eigenvalue weighted by atomic mass is 32.2. The second kappa shape index (κ2) is 5.30. The van der Waals surface area contributed by atoms with Crippen molar-refractivity contribution in [2.75, 3.05) is 0 Å². The van der Waals surface area contributed by atoms with Crippen molar-refractivity contribution in [3.05, 3.63) is 58.8 Å². The van der Waals surface area contributed by atoms with E-state index in [1.807, 2.05) is 35.2 Å². The Morgan fingerprint density at radius 2 is 2.00 bits per heavy atom. The van der Waals surface area contributed by atoms with Crippen molar-refractivity contribution in [3.63, 3.8) is 0 Å². The Kier molecular flexibility index (Phi) is 3.28. The van der Waals surface area contributed by atoms with Crippen LogP contribution in [-0.4, -0.2) is 16.7 Å². The van der Waals surface area contributed by atoms with Gasteiger partial charge in [-0.1, -0.05) is 30.3 Å². The average Bonchev–Trinajstić information content (AvgIpc) is 3.14. The smallest absolute Gasteiger partial charge is 0.243 e. The summed E-state index contributed by atoms with van der Waals surface area (Å²) in [5.41, 5.74) is 2.92.